The number of nitrogens with zero attached hydrogens (tertiary/aromatic N) is 1. The van der Waals surface area contributed by atoms with Crippen LogP contribution in [0.3, 0.4) is 0 Å². The lowest BCUT2D eigenvalue weighted by molar-refractivity contribution is 1.16. The van der Waals surface area contributed by atoms with Gasteiger partial charge in [-0.25, -0.2) is 4.99 Å². The van der Waals surface area contributed by atoms with Crippen LogP contribution in [0.2, 0.25) is 0 Å². The lowest BCUT2D eigenvalue weighted by Gasteiger charge is -1.93. The molecule has 0 atom stereocenters. The van der Waals surface area contributed by atoms with E-state index in [1.54, 1.807) is 7.05 Å². The molecule has 0 radical (unpaired) electrons. The van der Waals surface area contributed by atoms with Crippen molar-refractivity contribution in [3.8, 4) is 0 Å². The summed E-state index contributed by atoms with van der Waals surface area (Å²) in [5, 5.41) is 3.13. The van der Waals surface area contributed by atoms with Crippen molar-refractivity contribution in [2.75, 3.05) is 7.05 Å². The predicted molar refractivity (Wildman–Crippen MR) is 41.8 cm³/mol. The third-order valence-electron chi connectivity index (χ3n) is 0.899. The van der Waals surface area contributed by atoms with Gasteiger partial charge in [0.1, 0.15) is 0 Å². The van der Waals surface area contributed by atoms with E-state index in [9.17, 15) is 0 Å². The minimum absolute atomic E-state index is 0.422. The van der Waals surface area contributed by atoms with Crippen LogP contribution >= 0.6 is 11.6 Å². The molecule has 0 aromatic heterocycles. The monoisotopic (exact) mass is 146 g/mol. The number of amidine groups is 1. The molecule has 0 aliphatic rings. The summed E-state index contributed by atoms with van der Waals surface area (Å²) < 4.78 is 0. The van der Waals surface area contributed by atoms with E-state index in [0.29, 0.717) is 5.29 Å². The molecule has 0 aromatic carbocycles. The third-order valence-corrected chi connectivity index (χ3v) is 1.17. The summed E-state index contributed by atoms with van der Waals surface area (Å²) in [6, 6.07) is 0. The van der Waals surface area contributed by atoms with E-state index in [1.165, 1.54) is 0 Å². The first-order chi connectivity index (χ1) is 4.20. The first-order valence-corrected chi connectivity index (χ1v) is 3.13. The number of hydrogen-bond acceptors (Lipinski definition) is 1. The average molecular weight is 147 g/mol. The summed E-state index contributed by atoms with van der Waals surface area (Å²) in [5.74, 6) is 0. The van der Waals surface area contributed by atoms with Crippen LogP contribution in [-0.2, 0) is 0 Å². The van der Waals surface area contributed by atoms with Crippen molar-refractivity contribution in [1.29, 1.82) is 0 Å². The zero-order valence-electron chi connectivity index (χ0n) is 5.90. The van der Waals surface area contributed by atoms with Gasteiger partial charge in [0, 0.05) is 12.7 Å². The second kappa shape index (κ2) is 4.39. The van der Waals surface area contributed by atoms with E-state index < -0.39 is 0 Å². The Balaban J connectivity index is 3.95. The van der Waals surface area contributed by atoms with Gasteiger partial charge < -0.3 is 5.32 Å². The van der Waals surface area contributed by atoms with Gasteiger partial charge in [0.05, 0.1) is 0 Å². The molecule has 0 heterocycles. The van der Waals surface area contributed by atoms with E-state index in [0.717, 1.165) is 5.70 Å². The quantitative estimate of drug-likeness (QED) is 0.340. The molecule has 0 unspecified atom stereocenters. The van der Waals surface area contributed by atoms with Gasteiger partial charge in [-0.05, 0) is 25.4 Å². The van der Waals surface area contributed by atoms with Crippen LogP contribution in [0.15, 0.2) is 16.8 Å². The molecule has 0 fully saturated rings. The Kier molecular flexibility index (Phi) is 4.14. The number of rotatable bonds is 1. The molecule has 0 saturated carbocycles. The van der Waals surface area contributed by atoms with Crippen LogP contribution in [-0.4, -0.2) is 12.3 Å². The minimum atomic E-state index is 0.422. The number of nitrogens with one attached hydrogen (secondary N) is 1. The Morgan fingerprint density at radius 2 is 2.22 bits per heavy atom. The van der Waals surface area contributed by atoms with Crippen molar-refractivity contribution in [2.24, 2.45) is 4.99 Å². The molecule has 0 bridgehead atoms. The minimum Gasteiger partial charge on any atom is -0.363 e. The lowest BCUT2D eigenvalue weighted by atomic mass is 10.5. The highest BCUT2D eigenvalue weighted by Gasteiger charge is 1.85. The van der Waals surface area contributed by atoms with Crippen molar-refractivity contribution < 1.29 is 0 Å². The van der Waals surface area contributed by atoms with Crippen LogP contribution in [0, 0.1) is 0 Å². The van der Waals surface area contributed by atoms with Crippen LogP contribution < -0.4 is 5.32 Å². The Hall–Kier alpha value is -0.500. The highest BCUT2D eigenvalue weighted by Crippen LogP contribution is 1.94. The zero-order chi connectivity index (χ0) is 7.28. The van der Waals surface area contributed by atoms with Crippen LogP contribution in [0.1, 0.15) is 13.8 Å². The van der Waals surface area contributed by atoms with Gasteiger partial charge in [-0.2, -0.15) is 0 Å². The van der Waals surface area contributed by atoms with Crippen molar-refractivity contribution >= 4 is 16.9 Å². The smallest absolute Gasteiger partial charge is 0.195 e. The standard InChI is InChI=1S/C6H11ClN2/c1-4-5(2)9-6(7)8-3/h4H,1-3H3,(H,8,9)/b5-4-. The Bertz CT molecular complexity index is 138. The SMILES string of the molecule is C/C=C(C)\N=C(\Cl)NC. The highest BCUT2D eigenvalue weighted by atomic mass is 35.5. The lowest BCUT2D eigenvalue weighted by Crippen LogP contribution is -2.10. The molecule has 0 amide bonds. The van der Waals surface area contributed by atoms with E-state index >= 15 is 0 Å². The molecule has 0 rings (SSSR count). The second-order valence-electron chi connectivity index (χ2n) is 1.58. The fourth-order valence-electron chi connectivity index (χ4n) is 0.275. The summed E-state index contributed by atoms with van der Waals surface area (Å²) >= 11 is 5.54. The van der Waals surface area contributed by atoms with Gasteiger partial charge in [-0.15, -0.1) is 0 Å². The first-order valence-electron chi connectivity index (χ1n) is 2.75. The summed E-state index contributed by atoms with van der Waals surface area (Å²) in [6.07, 6.45) is 1.89. The molecule has 3 heteroatoms. The maximum absolute atomic E-state index is 5.54. The van der Waals surface area contributed by atoms with Gasteiger partial charge >= 0.3 is 0 Å². The Morgan fingerprint density at radius 1 is 1.67 bits per heavy atom. The molecule has 0 spiro atoms. The molecule has 2 nitrogen and oxygen atoms in total. The fourth-order valence-corrected chi connectivity index (χ4v) is 0.409. The number of allylic oxidation sites excluding steroid dienone is 2. The van der Waals surface area contributed by atoms with Crippen LogP contribution in [0.5, 0.6) is 0 Å². The van der Waals surface area contributed by atoms with Crippen molar-refractivity contribution in [3.05, 3.63) is 11.8 Å². The summed E-state index contributed by atoms with van der Waals surface area (Å²) in [7, 11) is 1.73. The Morgan fingerprint density at radius 3 is 2.56 bits per heavy atom. The second-order valence-corrected chi connectivity index (χ2v) is 1.94. The molecule has 52 valence electrons. The van der Waals surface area contributed by atoms with Gasteiger partial charge in [-0.3, -0.25) is 0 Å². The molecule has 0 aliphatic heterocycles. The molecule has 1 N–H and O–H groups in total. The van der Waals surface area contributed by atoms with E-state index in [-0.39, 0.29) is 0 Å². The topological polar surface area (TPSA) is 24.4 Å². The molecule has 0 aliphatic carbocycles. The number of halogens is 1. The zero-order valence-corrected chi connectivity index (χ0v) is 6.66. The van der Waals surface area contributed by atoms with Gasteiger partial charge in [-0.1, -0.05) is 6.08 Å². The van der Waals surface area contributed by atoms with Crippen LogP contribution in [0.4, 0.5) is 0 Å². The largest absolute Gasteiger partial charge is 0.363 e. The summed E-state index contributed by atoms with van der Waals surface area (Å²) in [6.45, 7) is 3.80. The fraction of sp³-hybridized carbons (Fsp3) is 0.500. The highest BCUT2D eigenvalue weighted by molar-refractivity contribution is 6.64. The van der Waals surface area contributed by atoms with E-state index in [1.807, 2.05) is 19.9 Å². The summed E-state index contributed by atoms with van der Waals surface area (Å²) in [4.78, 5) is 3.95. The molecule has 0 saturated heterocycles. The van der Waals surface area contributed by atoms with E-state index in [4.69, 9.17) is 11.6 Å². The number of hydrogen-bond donors (Lipinski definition) is 1. The van der Waals surface area contributed by atoms with Crippen molar-refractivity contribution in [2.45, 2.75) is 13.8 Å². The van der Waals surface area contributed by atoms with E-state index in [2.05, 4.69) is 10.3 Å². The molecule has 9 heavy (non-hydrogen) atoms. The van der Waals surface area contributed by atoms with Crippen molar-refractivity contribution in [1.82, 2.24) is 5.32 Å². The maximum Gasteiger partial charge on any atom is 0.195 e. The molecular formula is C6H11ClN2. The molecule has 0 aromatic rings. The number of aliphatic imine (C=N–C) groups is 1. The van der Waals surface area contributed by atoms with Gasteiger partial charge in [0.15, 0.2) is 5.29 Å². The predicted octanol–water partition coefficient (Wildman–Crippen LogP) is 1.72. The van der Waals surface area contributed by atoms with Crippen LogP contribution in [0.25, 0.3) is 0 Å². The maximum atomic E-state index is 5.54. The third kappa shape index (κ3) is 4.03. The first kappa shape index (κ1) is 8.50. The average Bonchev–Trinajstić information content (AvgIpc) is 1.87. The normalized spacial score (nSPS) is 13.8. The summed E-state index contributed by atoms with van der Waals surface area (Å²) in [5.41, 5.74) is 0.911. The molecular weight excluding hydrogens is 136 g/mol. The van der Waals surface area contributed by atoms with Crippen molar-refractivity contribution in [3.63, 3.8) is 0 Å². The Labute approximate surface area is 60.6 Å². The van der Waals surface area contributed by atoms with Gasteiger partial charge in [0.2, 0.25) is 0 Å². The van der Waals surface area contributed by atoms with Gasteiger partial charge in [0.25, 0.3) is 0 Å².